The first-order chi connectivity index (χ1) is 12.3. The molecule has 0 aromatic heterocycles. The maximum absolute atomic E-state index is 12.0. The van der Waals surface area contributed by atoms with E-state index in [-0.39, 0.29) is 12.3 Å². The molecule has 0 fully saturated rings. The van der Waals surface area contributed by atoms with E-state index in [0.717, 1.165) is 16.7 Å². The minimum atomic E-state index is -0.609. The van der Waals surface area contributed by atoms with Crippen LogP contribution in [0.5, 0.6) is 0 Å². The van der Waals surface area contributed by atoms with Gasteiger partial charge in [0.25, 0.3) is 0 Å². The molecule has 0 bridgehead atoms. The van der Waals surface area contributed by atoms with E-state index in [1.165, 1.54) is 6.08 Å². The zero-order valence-corrected chi connectivity index (χ0v) is 14.1. The molecule has 2 nitrogen and oxygen atoms in total. The molecular weight excluding hydrogens is 306 g/mol. The second kappa shape index (κ2) is 7.73. The number of carbonyl (C=O) groups is 1. The summed E-state index contributed by atoms with van der Waals surface area (Å²) in [5.74, 6) is -0.0350. The van der Waals surface area contributed by atoms with Gasteiger partial charge < -0.3 is 0 Å². The standard InChI is InChI=1S/C23H21NO/c1-2-22(25)18-24-23(19-12-6-3-7-13-19,20-14-8-4-9-15-20)21-16-10-5-11-17-21/h2-17,24H,1,18H2. The average Bonchev–Trinajstić information content (AvgIpc) is 2.71. The van der Waals surface area contributed by atoms with E-state index in [2.05, 4.69) is 48.3 Å². The van der Waals surface area contributed by atoms with Gasteiger partial charge in [-0.25, -0.2) is 0 Å². The summed E-state index contributed by atoms with van der Waals surface area (Å²) in [6.45, 7) is 3.80. The van der Waals surface area contributed by atoms with Crippen LogP contribution in [0.2, 0.25) is 0 Å². The monoisotopic (exact) mass is 327 g/mol. The third-order valence-corrected chi connectivity index (χ3v) is 4.38. The smallest absolute Gasteiger partial charge is 0.168 e. The Balaban J connectivity index is 2.23. The van der Waals surface area contributed by atoms with Gasteiger partial charge in [0.05, 0.1) is 12.1 Å². The van der Waals surface area contributed by atoms with Crippen molar-refractivity contribution in [1.82, 2.24) is 5.32 Å². The first kappa shape index (κ1) is 16.9. The van der Waals surface area contributed by atoms with Crippen LogP contribution in [0.1, 0.15) is 16.7 Å². The van der Waals surface area contributed by atoms with Crippen LogP contribution < -0.4 is 5.32 Å². The lowest BCUT2D eigenvalue weighted by Gasteiger charge is -2.37. The number of benzene rings is 3. The summed E-state index contributed by atoms with van der Waals surface area (Å²) >= 11 is 0. The van der Waals surface area contributed by atoms with Gasteiger partial charge >= 0.3 is 0 Å². The van der Waals surface area contributed by atoms with Crippen molar-refractivity contribution < 1.29 is 4.79 Å². The largest absolute Gasteiger partial charge is 0.293 e. The summed E-state index contributed by atoms with van der Waals surface area (Å²) in [6.07, 6.45) is 1.36. The highest BCUT2D eigenvalue weighted by molar-refractivity contribution is 5.91. The number of carbonyl (C=O) groups excluding carboxylic acids is 1. The van der Waals surface area contributed by atoms with Crippen LogP contribution in [0.15, 0.2) is 104 Å². The molecule has 124 valence electrons. The lowest BCUT2D eigenvalue weighted by atomic mass is 9.77. The van der Waals surface area contributed by atoms with E-state index in [1.54, 1.807) is 0 Å². The number of nitrogens with one attached hydrogen (secondary N) is 1. The first-order valence-electron chi connectivity index (χ1n) is 8.34. The molecule has 0 spiro atoms. The third kappa shape index (κ3) is 3.44. The summed E-state index contributed by atoms with van der Waals surface area (Å²) in [6, 6.07) is 30.7. The molecule has 3 aromatic rings. The molecule has 0 atom stereocenters. The quantitative estimate of drug-likeness (QED) is 0.517. The Morgan fingerprint density at radius 1 is 0.760 bits per heavy atom. The van der Waals surface area contributed by atoms with Crippen molar-refractivity contribution in [3.8, 4) is 0 Å². The van der Waals surface area contributed by atoms with Gasteiger partial charge in [-0.3, -0.25) is 10.1 Å². The number of ketones is 1. The molecule has 0 radical (unpaired) electrons. The molecule has 0 aliphatic heterocycles. The topological polar surface area (TPSA) is 29.1 Å². The van der Waals surface area contributed by atoms with Gasteiger partial charge in [0, 0.05) is 0 Å². The van der Waals surface area contributed by atoms with Crippen LogP contribution in [0.25, 0.3) is 0 Å². The molecule has 1 N–H and O–H groups in total. The Morgan fingerprint density at radius 3 is 1.44 bits per heavy atom. The van der Waals surface area contributed by atoms with Gasteiger partial charge in [0.1, 0.15) is 0 Å². The lowest BCUT2D eigenvalue weighted by Crippen LogP contribution is -2.46. The number of rotatable bonds is 7. The second-order valence-electron chi connectivity index (χ2n) is 5.87. The van der Waals surface area contributed by atoms with Gasteiger partial charge in [0.2, 0.25) is 0 Å². The van der Waals surface area contributed by atoms with Crippen LogP contribution in [0.3, 0.4) is 0 Å². The van der Waals surface area contributed by atoms with Crippen molar-refractivity contribution in [2.24, 2.45) is 0 Å². The molecule has 0 aliphatic carbocycles. The van der Waals surface area contributed by atoms with Crippen molar-refractivity contribution in [2.45, 2.75) is 5.54 Å². The molecule has 0 amide bonds. The molecule has 0 saturated carbocycles. The van der Waals surface area contributed by atoms with Gasteiger partial charge in [-0.2, -0.15) is 0 Å². The van der Waals surface area contributed by atoms with Crippen molar-refractivity contribution in [3.05, 3.63) is 120 Å². The molecular formula is C23H21NO. The minimum Gasteiger partial charge on any atom is -0.293 e. The fraction of sp³-hybridized carbons (Fsp3) is 0.0870. The summed E-state index contributed by atoms with van der Waals surface area (Å²) in [7, 11) is 0. The molecule has 0 unspecified atom stereocenters. The first-order valence-corrected chi connectivity index (χ1v) is 8.34. The molecule has 0 heterocycles. The van der Waals surface area contributed by atoms with Crippen molar-refractivity contribution in [2.75, 3.05) is 6.54 Å². The Bertz CT molecular complexity index is 729. The van der Waals surface area contributed by atoms with Crippen LogP contribution in [-0.4, -0.2) is 12.3 Å². The van der Waals surface area contributed by atoms with E-state index in [9.17, 15) is 4.79 Å². The third-order valence-electron chi connectivity index (χ3n) is 4.38. The Hall–Kier alpha value is -2.97. The molecule has 25 heavy (non-hydrogen) atoms. The van der Waals surface area contributed by atoms with Crippen LogP contribution in [-0.2, 0) is 10.3 Å². The van der Waals surface area contributed by atoms with E-state index in [4.69, 9.17) is 0 Å². The van der Waals surface area contributed by atoms with Gasteiger partial charge in [-0.1, -0.05) is 97.6 Å². The lowest BCUT2D eigenvalue weighted by molar-refractivity contribution is -0.114. The highest BCUT2D eigenvalue weighted by Gasteiger charge is 2.35. The van der Waals surface area contributed by atoms with E-state index >= 15 is 0 Å². The predicted molar refractivity (Wildman–Crippen MR) is 102 cm³/mol. The fourth-order valence-electron chi connectivity index (χ4n) is 3.16. The zero-order chi connectivity index (χ0) is 17.5. The predicted octanol–water partition coefficient (Wildman–Crippen LogP) is 4.32. The fourth-order valence-corrected chi connectivity index (χ4v) is 3.16. The van der Waals surface area contributed by atoms with Gasteiger partial charge in [0.15, 0.2) is 5.78 Å². The summed E-state index contributed by atoms with van der Waals surface area (Å²) in [5.41, 5.74) is 2.65. The highest BCUT2D eigenvalue weighted by Crippen LogP contribution is 2.36. The average molecular weight is 327 g/mol. The minimum absolute atomic E-state index is 0.0350. The molecule has 0 saturated heterocycles. The Kier molecular flexibility index (Phi) is 5.22. The van der Waals surface area contributed by atoms with E-state index in [1.807, 2.05) is 54.6 Å². The normalized spacial score (nSPS) is 11.0. The molecule has 3 rings (SSSR count). The van der Waals surface area contributed by atoms with Gasteiger partial charge in [-0.05, 0) is 22.8 Å². The van der Waals surface area contributed by atoms with Crippen LogP contribution in [0, 0.1) is 0 Å². The number of hydrogen-bond donors (Lipinski definition) is 1. The molecule has 0 aliphatic rings. The van der Waals surface area contributed by atoms with Crippen molar-refractivity contribution >= 4 is 5.78 Å². The summed E-state index contributed by atoms with van der Waals surface area (Å²) in [5, 5.41) is 3.51. The molecule has 2 heteroatoms. The van der Waals surface area contributed by atoms with Crippen LogP contribution in [0.4, 0.5) is 0 Å². The highest BCUT2D eigenvalue weighted by atomic mass is 16.1. The second-order valence-corrected chi connectivity index (χ2v) is 5.87. The number of hydrogen-bond acceptors (Lipinski definition) is 2. The van der Waals surface area contributed by atoms with Crippen molar-refractivity contribution in [3.63, 3.8) is 0 Å². The Morgan fingerprint density at radius 2 is 1.12 bits per heavy atom. The van der Waals surface area contributed by atoms with Gasteiger partial charge in [-0.15, -0.1) is 0 Å². The molecule has 3 aromatic carbocycles. The Labute approximate surface area is 148 Å². The summed E-state index contributed by atoms with van der Waals surface area (Å²) < 4.78 is 0. The van der Waals surface area contributed by atoms with Crippen molar-refractivity contribution in [1.29, 1.82) is 0 Å². The SMILES string of the molecule is C=CC(=O)CNC(c1ccccc1)(c1ccccc1)c1ccccc1. The van der Waals surface area contributed by atoms with E-state index < -0.39 is 5.54 Å². The zero-order valence-electron chi connectivity index (χ0n) is 14.1. The van der Waals surface area contributed by atoms with Crippen LogP contribution >= 0.6 is 0 Å². The maximum atomic E-state index is 12.0. The van der Waals surface area contributed by atoms with E-state index in [0.29, 0.717) is 0 Å². The summed E-state index contributed by atoms with van der Waals surface area (Å²) in [4.78, 5) is 12.0. The maximum Gasteiger partial charge on any atom is 0.168 e.